The summed E-state index contributed by atoms with van der Waals surface area (Å²) >= 11 is 0. The Labute approximate surface area is 738 Å². The summed E-state index contributed by atoms with van der Waals surface area (Å²) in [5.74, 6) is -1.58. The monoisotopic (exact) mass is 1730 g/mol. The zero-order valence-corrected chi connectivity index (χ0v) is 78.2. The second-order valence-electron chi connectivity index (χ2n) is 31.8. The largest absolute Gasteiger partial charge is 0.472 e. The third kappa shape index (κ3) is 95.2. The van der Waals surface area contributed by atoms with Gasteiger partial charge in [-0.25, -0.2) is 9.13 Å². The van der Waals surface area contributed by atoms with Crippen LogP contribution in [0.3, 0.4) is 0 Å². The number of carbonyl (C=O) groups excluding carboxylic acids is 3. The smallest absolute Gasteiger partial charge is 0.463 e. The molecule has 121 heavy (non-hydrogen) atoms. The van der Waals surface area contributed by atoms with Crippen molar-refractivity contribution in [3.63, 3.8) is 0 Å². The molecule has 0 rings (SSSR count). The first-order valence-corrected chi connectivity index (χ1v) is 51.1. The van der Waals surface area contributed by atoms with Gasteiger partial charge in [0.05, 0.1) is 26.4 Å². The van der Waals surface area contributed by atoms with Crippen LogP contribution in [0.15, 0.2) is 182 Å². The Morgan fingerprint density at radius 3 is 0.694 bits per heavy atom. The fourth-order valence-electron chi connectivity index (χ4n) is 12.9. The second kappa shape index (κ2) is 93.8. The van der Waals surface area contributed by atoms with Crippen LogP contribution in [0.1, 0.15) is 393 Å². The molecule has 0 aromatic rings. The van der Waals surface area contributed by atoms with Crippen molar-refractivity contribution in [2.75, 3.05) is 39.6 Å². The number of aliphatic hydroxyl groups excluding tert-OH is 2. The lowest BCUT2D eigenvalue weighted by Crippen LogP contribution is -2.30. The summed E-state index contributed by atoms with van der Waals surface area (Å²) < 4.78 is 61.6. The molecule has 0 fully saturated rings. The van der Waals surface area contributed by atoms with Gasteiger partial charge in [0.1, 0.15) is 25.4 Å². The van der Waals surface area contributed by atoms with Gasteiger partial charge >= 0.3 is 33.6 Å². The first-order chi connectivity index (χ1) is 59.2. The minimum absolute atomic E-state index is 0.0917. The standard InChI is InChI=1S/C103H174O16P2/c1-4-7-10-13-16-19-22-25-28-31-34-37-40-43-45-46-47-48-49-50-52-55-56-59-62-65-68-71-74-77-80-83-86-89-101(106)113-92-98(104)93-115-120(109,110)116-94-99(105)95-117-121(111,112)118-97-100(119-103(108)91-88-85-82-79-76-73-70-67-64-61-58-53-42-39-36-33-30-27-24-21-18-15-12-9-6-3)96-114-102(107)90-87-84-81-78-75-72-69-66-63-60-57-54-51-44-41-38-35-32-29-26-23-20-17-14-11-8-5-2/h7,9-10,12,16-21,25-30,34-39,43-45,47-48,51,53,58,98-100,104-105H,4-6,8,11,13-15,22-24,31-33,40-42,46,49-50,52,54-57,59-97H2,1-3H3,(H,109,110)(H,111,112)/b10-7-,12-9-,19-16-,20-17-,21-18-,28-25-,29-26-,30-27-,37-34-,38-35-,39-36-,45-43-,48-47-,51-44-,58-53-. The van der Waals surface area contributed by atoms with Crippen molar-refractivity contribution >= 4 is 33.6 Å². The molecule has 0 bridgehead atoms. The molecule has 0 aliphatic rings. The highest BCUT2D eigenvalue weighted by atomic mass is 31.2. The molecule has 16 nitrogen and oxygen atoms in total. The number of aliphatic hydroxyl groups is 2. The summed E-state index contributed by atoms with van der Waals surface area (Å²) in [6.45, 7) is 2.46. The zero-order chi connectivity index (χ0) is 87.9. The lowest BCUT2D eigenvalue weighted by Gasteiger charge is -2.21. The molecule has 0 spiro atoms. The SMILES string of the molecule is CC/C=C\C/C=C\C/C=C\C/C=C\C/C=C\C/C=C\CCCCCCCCCCCCCCCCC(=O)OCC(O)COP(=O)(O)OCC(O)COP(=O)(O)OCC(COC(=O)CCCCCCCCCCCCC/C=C\C/C=C\C/C=C\C/C=C\CCCCC)OC(=O)CCCCCCCCCCC/C=C\C/C=C\C/C=C\C/C=C\C/C=C\CC. The normalized spacial score (nSPS) is 14.5. The van der Waals surface area contributed by atoms with Crippen molar-refractivity contribution in [1.82, 2.24) is 0 Å². The van der Waals surface area contributed by atoms with Crippen molar-refractivity contribution in [1.29, 1.82) is 0 Å². The maximum atomic E-state index is 13.1. The molecular formula is C103H174O16P2. The van der Waals surface area contributed by atoms with Crippen molar-refractivity contribution < 1.29 is 75.8 Å². The van der Waals surface area contributed by atoms with Crippen LogP contribution in [-0.4, -0.2) is 95.9 Å². The molecule has 5 atom stereocenters. The van der Waals surface area contributed by atoms with E-state index in [0.717, 1.165) is 180 Å². The Kier molecular flexibility index (Phi) is 89.6. The van der Waals surface area contributed by atoms with Crippen LogP contribution in [0.5, 0.6) is 0 Å². The molecule has 0 saturated heterocycles. The molecule has 0 aliphatic heterocycles. The molecule has 0 aromatic carbocycles. The van der Waals surface area contributed by atoms with Crippen molar-refractivity contribution in [2.45, 2.75) is 411 Å². The number of hydrogen-bond acceptors (Lipinski definition) is 14. The lowest BCUT2D eigenvalue weighted by atomic mass is 10.0. The van der Waals surface area contributed by atoms with Gasteiger partial charge < -0.3 is 34.2 Å². The van der Waals surface area contributed by atoms with E-state index < -0.39 is 91.5 Å². The fraction of sp³-hybridized carbons (Fsp3) is 0.680. The van der Waals surface area contributed by atoms with Gasteiger partial charge in [-0.15, -0.1) is 0 Å². The maximum absolute atomic E-state index is 13.1. The number of allylic oxidation sites excluding steroid dienone is 30. The van der Waals surface area contributed by atoms with Gasteiger partial charge in [0.15, 0.2) is 6.10 Å². The van der Waals surface area contributed by atoms with Gasteiger partial charge in [-0.05, 0) is 161 Å². The summed E-state index contributed by atoms with van der Waals surface area (Å²) in [4.78, 5) is 59.1. The highest BCUT2D eigenvalue weighted by molar-refractivity contribution is 7.47. The van der Waals surface area contributed by atoms with Crippen molar-refractivity contribution in [3.05, 3.63) is 182 Å². The summed E-state index contributed by atoms with van der Waals surface area (Å²) in [5.41, 5.74) is 0. The first-order valence-electron chi connectivity index (χ1n) is 48.1. The predicted molar refractivity (Wildman–Crippen MR) is 509 cm³/mol. The van der Waals surface area contributed by atoms with E-state index in [1.165, 1.54) is 154 Å². The van der Waals surface area contributed by atoms with Crippen LogP contribution < -0.4 is 0 Å². The molecular weight excluding hydrogens is 1560 g/mol. The molecule has 5 unspecified atom stereocenters. The lowest BCUT2D eigenvalue weighted by molar-refractivity contribution is -0.161. The number of esters is 3. The van der Waals surface area contributed by atoms with Crippen LogP contribution in [0.4, 0.5) is 0 Å². The number of carbonyl (C=O) groups is 3. The van der Waals surface area contributed by atoms with Crippen LogP contribution in [-0.2, 0) is 55.8 Å². The van der Waals surface area contributed by atoms with E-state index in [2.05, 4.69) is 203 Å². The topological polar surface area (TPSA) is 231 Å². The summed E-state index contributed by atoms with van der Waals surface area (Å²) in [6, 6.07) is 0. The molecule has 0 amide bonds. The molecule has 18 heteroatoms. The van der Waals surface area contributed by atoms with Gasteiger partial charge in [0.2, 0.25) is 0 Å². The Balaban J connectivity index is 4.62. The van der Waals surface area contributed by atoms with Crippen molar-refractivity contribution in [2.24, 2.45) is 0 Å². The van der Waals surface area contributed by atoms with E-state index in [0.29, 0.717) is 19.3 Å². The second-order valence-corrected chi connectivity index (χ2v) is 34.7. The summed E-state index contributed by atoms with van der Waals surface area (Å²) in [7, 11) is -9.82. The van der Waals surface area contributed by atoms with Crippen LogP contribution in [0.25, 0.3) is 0 Å². The van der Waals surface area contributed by atoms with E-state index in [9.17, 15) is 43.5 Å². The average molecular weight is 1730 g/mol. The highest BCUT2D eigenvalue weighted by Gasteiger charge is 2.30. The van der Waals surface area contributed by atoms with E-state index in [-0.39, 0.29) is 19.3 Å². The van der Waals surface area contributed by atoms with E-state index in [1.54, 1.807) is 0 Å². The third-order valence-corrected chi connectivity index (χ3v) is 22.0. The molecule has 0 aromatic heterocycles. The van der Waals surface area contributed by atoms with Crippen molar-refractivity contribution in [3.8, 4) is 0 Å². The minimum atomic E-state index is -4.95. The molecule has 4 N–H and O–H groups in total. The number of rotatable bonds is 90. The maximum Gasteiger partial charge on any atom is 0.472 e. The molecule has 0 radical (unpaired) electrons. The number of phosphoric ester groups is 2. The number of ether oxygens (including phenoxy) is 3. The average Bonchev–Trinajstić information content (AvgIpc) is 0.908. The molecule has 0 aliphatic carbocycles. The quantitative estimate of drug-likeness (QED) is 0.0146. The number of unbranched alkanes of at least 4 members (excludes halogenated alkanes) is 37. The van der Waals surface area contributed by atoms with Gasteiger partial charge in [-0.1, -0.05) is 396 Å². The van der Waals surface area contributed by atoms with Gasteiger partial charge in [0, 0.05) is 19.3 Å². The Morgan fingerprint density at radius 1 is 0.240 bits per heavy atom. The van der Waals surface area contributed by atoms with E-state index in [1.807, 2.05) is 0 Å². The predicted octanol–water partition coefficient (Wildman–Crippen LogP) is 30.0. The fourth-order valence-corrected chi connectivity index (χ4v) is 14.5. The summed E-state index contributed by atoms with van der Waals surface area (Å²) in [5, 5.41) is 20.8. The zero-order valence-electron chi connectivity index (χ0n) is 76.4. The van der Waals surface area contributed by atoms with E-state index in [4.69, 9.17) is 32.3 Å². The number of phosphoric acid groups is 2. The Morgan fingerprint density at radius 2 is 0.438 bits per heavy atom. The minimum Gasteiger partial charge on any atom is -0.463 e. The Hall–Kier alpha value is -5.35. The molecule has 692 valence electrons. The third-order valence-electron chi connectivity index (χ3n) is 20.1. The molecule has 0 saturated carbocycles. The highest BCUT2D eigenvalue weighted by Crippen LogP contribution is 2.45. The van der Waals surface area contributed by atoms with Crippen LogP contribution in [0, 0.1) is 0 Å². The van der Waals surface area contributed by atoms with E-state index >= 15 is 0 Å². The van der Waals surface area contributed by atoms with Gasteiger partial charge in [0.25, 0.3) is 0 Å². The van der Waals surface area contributed by atoms with Crippen LogP contribution >= 0.6 is 15.6 Å². The summed E-state index contributed by atoms with van der Waals surface area (Å²) in [6.07, 6.45) is 124. The van der Waals surface area contributed by atoms with Gasteiger partial charge in [-0.3, -0.25) is 32.5 Å². The number of hydrogen-bond donors (Lipinski definition) is 4. The Bertz CT molecular complexity index is 2930. The first kappa shape index (κ1) is 116. The molecule has 0 heterocycles. The van der Waals surface area contributed by atoms with Crippen LogP contribution in [0.2, 0.25) is 0 Å². The van der Waals surface area contributed by atoms with Gasteiger partial charge in [-0.2, -0.15) is 0 Å².